The molecule has 0 spiro atoms. The molecule has 0 fully saturated rings. The molecule has 6 heteroatoms. The second-order valence-corrected chi connectivity index (χ2v) is 5.28. The molecular weight excluding hydrogens is 320 g/mol. The Kier molecular flexibility index (Phi) is 6.26. The molecule has 0 unspecified atom stereocenters. The highest BCUT2D eigenvalue weighted by Gasteiger charge is 2.41. The molecule has 0 heterocycles. The number of carbonyl (C=O) groups is 2. The number of hydrogen-bond acceptors (Lipinski definition) is 5. The van der Waals surface area contributed by atoms with Gasteiger partial charge in [0.1, 0.15) is 0 Å². The number of aliphatic hydroxyl groups is 1. The average Bonchev–Trinajstić information content (AvgIpc) is 2.67. The number of nitriles is 1. The van der Waals surface area contributed by atoms with Crippen molar-refractivity contribution in [1.29, 1.82) is 5.26 Å². The molecule has 0 bridgehead atoms. The zero-order chi connectivity index (χ0) is 18.1. The topological polar surface area (TPSA) is 99.4 Å². The number of carbonyl (C=O) groups excluding carboxylic acids is 2. The molecule has 1 amide bonds. The quantitative estimate of drug-likeness (QED) is 0.589. The molecule has 2 rings (SSSR count). The van der Waals surface area contributed by atoms with Crippen molar-refractivity contribution in [3.05, 3.63) is 71.8 Å². The van der Waals surface area contributed by atoms with Crippen LogP contribution in [-0.4, -0.2) is 30.1 Å². The summed E-state index contributed by atoms with van der Waals surface area (Å²) in [6.07, 6.45) is 0.164. The van der Waals surface area contributed by atoms with Gasteiger partial charge in [-0.2, -0.15) is 5.26 Å². The van der Waals surface area contributed by atoms with Crippen LogP contribution in [0.1, 0.15) is 17.5 Å². The van der Waals surface area contributed by atoms with Crippen molar-refractivity contribution in [3.8, 4) is 6.07 Å². The van der Waals surface area contributed by atoms with Crippen LogP contribution in [0.4, 0.5) is 0 Å². The van der Waals surface area contributed by atoms with Gasteiger partial charge < -0.3 is 15.2 Å². The van der Waals surface area contributed by atoms with Crippen LogP contribution in [0, 0.1) is 11.3 Å². The van der Waals surface area contributed by atoms with Crippen molar-refractivity contribution in [2.45, 2.75) is 12.0 Å². The van der Waals surface area contributed by atoms with Gasteiger partial charge in [0, 0.05) is 6.54 Å². The summed E-state index contributed by atoms with van der Waals surface area (Å²) in [6.45, 7) is -0.360. The van der Waals surface area contributed by atoms with Crippen LogP contribution < -0.4 is 5.32 Å². The van der Waals surface area contributed by atoms with E-state index in [1.54, 1.807) is 60.7 Å². The molecular formula is C19H18N2O4. The van der Waals surface area contributed by atoms with Crippen LogP contribution in [0.25, 0.3) is 0 Å². The monoisotopic (exact) mass is 338 g/mol. The van der Waals surface area contributed by atoms with E-state index in [0.29, 0.717) is 11.1 Å². The van der Waals surface area contributed by atoms with Gasteiger partial charge in [-0.05, 0) is 11.1 Å². The van der Waals surface area contributed by atoms with Crippen LogP contribution in [0.3, 0.4) is 0 Å². The van der Waals surface area contributed by atoms with E-state index in [4.69, 9.17) is 10.00 Å². The van der Waals surface area contributed by atoms with Crippen molar-refractivity contribution in [3.63, 3.8) is 0 Å². The molecule has 6 nitrogen and oxygen atoms in total. The minimum atomic E-state index is -2.02. The van der Waals surface area contributed by atoms with E-state index in [9.17, 15) is 14.7 Å². The molecule has 0 saturated carbocycles. The average molecular weight is 338 g/mol. The third kappa shape index (κ3) is 4.43. The molecule has 25 heavy (non-hydrogen) atoms. The number of ether oxygens (including phenoxy) is 1. The summed E-state index contributed by atoms with van der Waals surface area (Å²) in [6, 6.07) is 18.7. The van der Waals surface area contributed by atoms with Crippen LogP contribution in [0.15, 0.2) is 60.7 Å². The van der Waals surface area contributed by atoms with Gasteiger partial charge in [0.05, 0.1) is 12.5 Å². The predicted molar refractivity (Wildman–Crippen MR) is 90.1 cm³/mol. The van der Waals surface area contributed by atoms with Gasteiger partial charge in [0.25, 0.3) is 5.91 Å². The zero-order valence-corrected chi connectivity index (χ0v) is 13.5. The molecule has 2 aromatic rings. The molecule has 2 aromatic carbocycles. The number of nitrogens with one attached hydrogen (secondary N) is 1. The predicted octanol–water partition coefficient (Wildman–Crippen LogP) is 1.50. The number of hydrogen-bond donors (Lipinski definition) is 2. The smallest absolute Gasteiger partial charge is 0.348 e. The lowest BCUT2D eigenvalue weighted by molar-refractivity contribution is -0.164. The third-order valence-electron chi connectivity index (χ3n) is 3.57. The summed E-state index contributed by atoms with van der Waals surface area (Å²) in [5, 5.41) is 22.0. The first kappa shape index (κ1) is 18.2. The maximum absolute atomic E-state index is 12.6. The highest BCUT2D eigenvalue weighted by Crippen LogP contribution is 2.30. The summed E-state index contributed by atoms with van der Waals surface area (Å²) < 4.78 is 5.02. The number of nitrogens with zero attached hydrogens (tertiary/aromatic N) is 1. The Bertz CT molecular complexity index is 714. The van der Waals surface area contributed by atoms with Crippen molar-refractivity contribution in [2.24, 2.45) is 0 Å². The Hall–Kier alpha value is -3.17. The maximum atomic E-state index is 12.6. The summed E-state index contributed by atoms with van der Waals surface area (Å²) in [5.41, 5.74) is -1.33. The minimum absolute atomic E-state index is 0.164. The van der Waals surface area contributed by atoms with Crippen molar-refractivity contribution in [2.75, 3.05) is 13.2 Å². The highest BCUT2D eigenvalue weighted by molar-refractivity contribution is 5.88. The fraction of sp³-hybridized carbons (Fsp3) is 0.211. The molecule has 0 atom stereocenters. The SMILES string of the molecule is N#CCCNC(=O)COC(=O)C(O)(c1ccccc1)c1ccccc1. The Labute approximate surface area is 145 Å². The van der Waals surface area contributed by atoms with E-state index in [1.807, 2.05) is 6.07 Å². The lowest BCUT2D eigenvalue weighted by atomic mass is 9.86. The van der Waals surface area contributed by atoms with Crippen LogP contribution in [-0.2, 0) is 19.9 Å². The standard InChI is InChI=1S/C19H18N2O4/c20-12-7-13-21-17(22)14-25-18(23)19(24,15-8-3-1-4-9-15)16-10-5-2-6-11-16/h1-6,8-11,24H,7,13-14H2,(H,21,22). The first-order valence-corrected chi connectivity index (χ1v) is 7.73. The third-order valence-corrected chi connectivity index (χ3v) is 3.57. The van der Waals surface area contributed by atoms with E-state index in [2.05, 4.69) is 5.32 Å². The first-order valence-electron chi connectivity index (χ1n) is 7.73. The van der Waals surface area contributed by atoms with Crippen molar-refractivity contribution < 1.29 is 19.4 Å². The number of esters is 1. The second-order valence-electron chi connectivity index (χ2n) is 5.28. The molecule has 0 aliphatic rings. The summed E-state index contributed by atoms with van der Waals surface area (Å²) in [7, 11) is 0. The molecule has 0 radical (unpaired) electrons. The van der Waals surface area contributed by atoms with Crippen LogP contribution in [0.5, 0.6) is 0 Å². The minimum Gasteiger partial charge on any atom is -0.453 e. The molecule has 2 N–H and O–H groups in total. The van der Waals surface area contributed by atoms with E-state index < -0.39 is 24.1 Å². The fourth-order valence-electron chi connectivity index (χ4n) is 2.31. The number of benzene rings is 2. The van der Waals surface area contributed by atoms with Gasteiger partial charge in [-0.3, -0.25) is 4.79 Å². The molecule has 0 saturated heterocycles. The zero-order valence-electron chi connectivity index (χ0n) is 13.5. The van der Waals surface area contributed by atoms with Crippen molar-refractivity contribution >= 4 is 11.9 Å². The highest BCUT2D eigenvalue weighted by atomic mass is 16.6. The van der Waals surface area contributed by atoms with Gasteiger partial charge in [0.15, 0.2) is 6.61 Å². The van der Waals surface area contributed by atoms with Gasteiger partial charge in [0.2, 0.25) is 5.60 Å². The molecule has 0 aliphatic heterocycles. The Morgan fingerprint density at radius 2 is 1.56 bits per heavy atom. The molecule has 0 aromatic heterocycles. The van der Waals surface area contributed by atoms with Crippen LogP contribution >= 0.6 is 0 Å². The molecule has 0 aliphatic carbocycles. The fourth-order valence-corrected chi connectivity index (χ4v) is 2.31. The Morgan fingerprint density at radius 3 is 2.04 bits per heavy atom. The van der Waals surface area contributed by atoms with Crippen molar-refractivity contribution in [1.82, 2.24) is 5.32 Å². The Morgan fingerprint density at radius 1 is 1.04 bits per heavy atom. The van der Waals surface area contributed by atoms with Gasteiger partial charge >= 0.3 is 5.97 Å². The van der Waals surface area contributed by atoms with Crippen LogP contribution in [0.2, 0.25) is 0 Å². The lowest BCUT2D eigenvalue weighted by Gasteiger charge is -2.26. The van der Waals surface area contributed by atoms with E-state index >= 15 is 0 Å². The van der Waals surface area contributed by atoms with E-state index in [0.717, 1.165) is 0 Å². The normalized spacial score (nSPS) is 10.6. The van der Waals surface area contributed by atoms with Gasteiger partial charge in [-0.1, -0.05) is 60.7 Å². The molecule has 128 valence electrons. The first-order chi connectivity index (χ1) is 12.1. The number of amides is 1. The van der Waals surface area contributed by atoms with Gasteiger partial charge in [-0.15, -0.1) is 0 Å². The van der Waals surface area contributed by atoms with Gasteiger partial charge in [-0.25, -0.2) is 4.79 Å². The summed E-state index contributed by atoms with van der Waals surface area (Å²) in [5.74, 6) is -1.48. The maximum Gasteiger partial charge on any atom is 0.348 e. The lowest BCUT2D eigenvalue weighted by Crippen LogP contribution is -2.40. The Balaban J connectivity index is 2.18. The summed E-state index contributed by atoms with van der Waals surface area (Å²) >= 11 is 0. The number of rotatable bonds is 7. The van der Waals surface area contributed by atoms with E-state index in [-0.39, 0.29) is 13.0 Å². The largest absolute Gasteiger partial charge is 0.453 e. The summed E-state index contributed by atoms with van der Waals surface area (Å²) in [4.78, 5) is 24.2. The second kappa shape index (κ2) is 8.62. The van der Waals surface area contributed by atoms with E-state index in [1.165, 1.54) is 0 Å².